The fraction of sp³-hybridized carbons (Fsp3) is 0.0545. The molecule has 0 radical (unpaired) electrons. The maximum atomic E-state index is 12.9. The third-order valence-electron chi connectivity index (χ3n) is 11.8. The minimum Gasteiger partial charge on any atom is -0.505 e. The van der Waals surface area contributed by atoms with E-state index in [-0.39, 0.29) is 34.8 Å². The van der Waals surface area contributed by atoms with Crippen molar-refractivity contribution in [2.45, 2.75) is 12.8 Å². The van der Waals surface area contributed by atoms with Crippen LogP contribution in [0, 0.1) is 40.5 Å². The van der Waals surface area contributed by atoms with E-state index < -0.39 is 88.6 Å². The summed E-state index contributed by atoms with van der Waals surface area (Å²) in [7, 11) is 0. The van der Waals surface area contributed by atoms with Gasteiger partial charge >= 0.3 is 11.4 Å². The Labute approximate surface area is 461 Å². The zero-order valence-electron chi connectivity index (χ0n) is 42.6. The number of rotatable bonds is 12. The first-order valence-electron chi connectivity index (χ1n) is 23.6. The van der Waals surface area contributed by atoms with Gasteiger partial charge in [0.05, 0.1) is 49.6 Å². The zero-order valence-corrected chi connectivity index (χ0v) is 42.6. The smallest absolute Gasteiger partial charge is 0.319 e. The molecule has 27 nitrogen and oxygen atoms in total. The molecule has 416 valence electrons. The second-order valence-corrected chi connectivity index (χ2v) is 17.0. The summed E-state index contributed by atoms with van der Waals surface area (Å²) in [5.74, 6) is -3.15. The van der Waals surface area contributed by atoms with Crippen molar-refractivity contribution in [2.24, 2.45) is 20.5 Å². The molecule has 0 spiro atoms. The maximum absolute atomic E-state index is 12.9. The summed E-state index contributed by atoms with van der Waals surface area (Å²) in [6.45, 7) is 0.886. The van der Waals surface area contributed by atoms with Crippen LogP contribution < -0.4 is 27.7 Å². The number of hydrogen-bond acceptors (Lipinski definition) is 21. The first kappa shape index (κ1) is 59.4. The summed E-state index contributed by atoms with van der Waals surface area (Å²) < 4.78 is 5.42. The molecule has 0 saturated heterocycles. The lowest BCUT2D eigenvalue weighted by atomic mass is 10.0. The number of anilines is 2. The lowest BCUT2D eigenvalue weighted by Crippen LogP contribution is -2.12. The summed E-state index contributed by atoms with van der Waals surface area (Å²) in [5.41, 5.74) is -2.63. The highest BCUT2D eigenvalue weighted by atomic mass is 16.6. The topological polar surface area (TPSA) is 440 Å². The summed E-state index contributed by atoms with van der Waals surface area (Å²) in [4.78, 5) is 66.7. The molecule has 1 aliphatic heterocycles. The Kier molecular flexibility index (Phi) is 19.2. The Morgan fingerprint density at radius 2 is 0.854 bits per heavy atom. The summed E-state index contributed by atoms with van der Waals surface area (Å²) in [6.07, 6.45) is 2.34. The van der Waals surface area contributed by atoms with Crippen LogP contribution in [0.15, 0.2) is 190 Å². The fourth-order valence-corrected chi connectivity index (χ4v) is 7.95. The van der Waals surface area contributed by atoms with Crippen molar-refractivity contribution >= 4 is 90.2 Å². The summed E-state index contributed by atoms with van der Waals surface area (Å²) >= 11 is 0. The second kappa shape index (κ2) is 26.5. The number of azo groups is 2. The van der Waals surface area contributed by atoms with Gasteiger partial charge in [0.15, 0.2) is 11.5 Å². The number of benzene rings is 9. The number of non-ortho nitro benzene ring substituents is 2. The van der Waals surface area contributed by atoms with Crippen LogP contribution in [0.4, 0.5) is 56.9 Å². The van der Waals surface area contributed by atoms with Crippen molar-refractivity contribution in [1.29, 1.82) is 0 Å². The number of hydrogen-bond donors (Lipinski definition) is 8. The van der Waals surface area contributed by atoms with Gasteiger partial charge in [0.1, 0.15) is 28.5 Å². The number of phenols is 4. The first-order chi connectivity index (χ1) is 38.5. The third-order valence-corrected chi connectivity index (χ3v) is 11.8. The van der Waals surface area contributed by atoms with E-state index in [1.54, 1.807) is 109 Å². The van der Waals surface area contributed by atoms with E-state index in [0.717, 1.165) is 30.9 Å². The Hall–Kier alpha value is -11.8. The standard InChI is InChI=1S/2C23H15N5O7.C9H10O.2H3N/c2*29-21-17(23(31)24-14-7-2-1-3-8-14)10-13-6-4-5-9-16(13)20(21)26-25-18-11-15(27(32)33)12-19(22(18)30)28(34)35;1-2-6-9-8(4-1)5-3-7-10-9;;/h2*1-12,29-30H,(H,24,31);1-2,4,6H,3,5,7H2;2*1H3. The molecule has 0 unspecified atom stereocenters. The predicted molar refractivity (Wildman–Crippen MR) is 302 cm³/mol. The van der Waals surface area contributed by atoms with Gasteiger partial charge in [0, 0.05) is 34.3 Å². The van der Waals surface area contributed by atoms with Crippen molar-refractivity contribution < 1.29 is 54.4 Å². The molecule has 9 aromatic carbocycles. The molecule has 1 aliphatic rings. The normalized spacial score (nSPS) is 11.3. The lowest BCUT2D eigenvalue weighted by Gasteiger charge is -2.15. The van der Waals surface area contributed by atoms with Crippen LogP contribution in [-0.4, -0.2) is 58.5 Å². The van der Waals surface area contributed by atoms with Crippen molar-refractivity contribution in [3.8, 4) is 28.7 Å². The van der Waals surface area contributed by atoms with E-state index in [2.05, 4.69) is 43.2 Å². The zero-order chi connectivity index (χ0) is 57.0. The molecule has 0 bridgehead atoms. The van der Waals surface area contributed by atoms with Gasteiger partial charge in [-0.05, 0) is 71.6 Å². The van der Waals surface area contributed by atoms with Gasteiger partial charge in [-0.15, -0.1) is 20.5 Å². The fourth-order valence-electron chi connectivity index (χ4n) is 7.95. The number of aromatic hydroxyl groups is 4. The average Bonchev–Trinajstić information content (AvgIpc) is 3.30. The van der Waals surface area contributed by atoms with Gasteiger partial charge in [-0.2, -0.15) is 0 Å². The second-order valence-electron chi connectivity index (χ2n) is 17.0. The average molecular weight is 1120 g/mol. The van der Waals surface area contributed by atoms with E-state index in [9.17, 15) is 70.5 Å². The van der Waals surface area contributed by atoms with Gasteiger partial charge in [-0.1, -0.05) is 103 Å². The summed E-state index contributed by atoms with van der Waals surface area (Å²) in [5, 5.41) is 109. The van der Waals surface area contributed by atoms with Crippen LogP contribution in [0.25, 0.3) is 21.5 Å². The van der Waals surface area contributed by atoms with Crippen LogP contribution >= 0.6 is 0 Å². The van der Waals surface area contributed by atoms with Gasteiger partial charge in [0.2, 0.25) is 11.5 Å². The molecule has 0 aliphatic carbocycles. The van der Waals surface area contributed by atoms with Gasteiger partial charge in [0.25, 0.3) is 23.2 Å². The highest BCUT2D eigenvalue weighted by molar-refractivity contribution is 6.13. The number of amides is 2. The molecule has 0 saturated carbocycles. The number of carbonyl (C=O) groups is 2. The van der Waals surface area contributed by atoms with Crippen LogP contribution in [0.2, 0.25) is 0 Å². The number of nitro benzene ring substituents is 4. The van der Waals surface area contributed by atoms with Crippen molar-refractivity contribution in [3.05, 3.63) is 227 Å². The number of carbonyl (C=O) groups excluding carboxylic acids is 2. The molecule has 27 heteroatoms. The Morgan fingerprint density at radius 1 is 0.463 bits per heavy atom. The Morgan fingerprint density at radius 3 is 1.26 bits per heavy atom. The first-order valence-corrected chi connectivity index (χ1v) is 23.6. The molecule has 0 atom stereocenters. The molecule has 10 rings (SSSR count). The van der Waals surface area contributed by atoms with Crippen LogP contribution in [0.3, 0.4) is 0 Å². The van der Waals surface area contributed by atoms with E-state index >= 15 is 0 Å². The molecule has 12 N–H and O–H groups in total. The number of fused-ring (bicyclic) bond motifs is 3. The van der Waals surface area contributed by atoms with E-state index in [1.165, 1.54) is 24.1 Å². The Balaban J connectivity index is 0.000000220. The minimum absolute atomic E-state index is 0. The van der Waals surface area contributed by atoms with Crippen molar-refractivity contribution in [3.63, 3.8) is 0 Å². The predicted octanol–water partition coefficient (Wildman–Crippen LogP) is 13.8. The van der Waals surface area contributed by atoms with Crippen LogP contribution in [-0.2, 0) is 6.42 Å². The van der Waals surface area contributed by atoms with Crippen molar-refractivity contribution in [2.75, 3.05) is 17.2 Å². The minimum atomic E-state index is -0.997. The molecule has 9 aromatic rings. The van der Waals surface area contributed by atoms with Crippen molar-refractivity contribution in [1.82, 2.24) is 12.3 Å². The number of phenolic OH excluding ortho intramolecular Hbond substituents is 4. The molecule has 0 fully saturated rings. The highest BCUT2D eigenvalue weighted by Crippen LogP contribution is 2.46. The highest BCUT2D eigenvalue weighted by Gasteiger charge is 2.27. The van der Waals surface area contributed by atoms with E-state index in [0.29, 0.717) is 45.1 Å². The van der Waals surface area contributed by atoms with Crippen LogP contribution in [0.5, 0.6) is 28.7 Å². The number of para-hydroxylation sites is 3. The molecular formula is C55H46N12O15. The number of nitro groups is 4. The van der Waals surface area contributed by atoms with E-state index in [1.807, 2.05) is 12.1 Å². The molecule has 82 heavy (non-hydrogen) atoms. The SMILES string of the molecule is N.N.O=C(Nc1ccccc1)c1cc2ccccc2c(N=Nc2cc([N+](=O)[O-])cc([N+](=O)[O-])c2O)c1O.O=C(Nc1ccccc1)c1cc2ccccc2c(N=Nc2cc([N+](=O)[O-])cc([N+](=O)[O-])c2O)c1O.c1ccc2c(c1)CCCO2. The maximum Gasteiger partial charge on any atom is 0.319 e. The third kappa shape index (κ3) is 13.6. The largest absolute Gasteiger partial charge is 0.505 e. The van der Waals surface area contributed by atoms with Gasteiger partial charge in [-0.25, -0.2) is 0 Å². The Bertz CT molecular complexity index is 3730. The molecule has 1 heterocycles. The number of ether oxygens (including phenoxy) is 1. The monoisotopic (exact) mass is 1110 g/mol. The quantitative estimate of drug-likeness (QED) is 0.0320. The number of aryl methyl sites for hydroxylation is 1. The summed E-state index contributed by atoms with van der Waals surface area (Å²) in [6, 6.07) is 44.3. The van der Waals surface area contributed by atoms with Gasteiger partial charge in [-0.3, -0.25) is 50.0 Å². The molecular weight excluding hydrogens is 1070 g/mol. The van der Waals surface area contributed by atoms with Crippen LogP contribution in [0.1, 0.15) is 32.7 Å². The molecule has 0 aromatic heterocycles. The lowest BCUT2D eigenvalue weighted by molar-refractivity contribution is -0.394. The van der Waals surface area contributed by atoms with Gasteiger partial charge < -0.3 is 48.1 Å². The molecule has 2 amide bonds. The van der Waals surface area contributed by atoms with E-state index in [4.69, 9.17) is 4.74 Å². The number of nitrogens with one attached hydrogen (secondary N) is 2. The number of nitrogens with zero attached hydrogens (tertiary/aromatic N) is 8.